The van der Waals surface area contributed by atoms with Crippen LogP contribution >= 0.6 is 23.2 Å². The van der Waals surface area contributed by atoms with Crippen LogP contribution in [0.15, 0.2) is 61.2 Å². The Morgan fingerprint density at radius 3 is 2.61 bits per heavy atom. The number of halogens is 2. The minimum Gasteiger partial charge on any atom is -0.361 e. The first-order chi connectivity index (χ1) is 15.2. The van der Waals surface area contributed by atoms with Crippen LogP contribution in [0.5, 0.6) is 0 Å². The molecule has 6 nitrogen and oxygen atoms in total. The van der Waals surface area contributed by atoms with E-state index in [1.165, 1.54) is 10.9 Å². The van der Waals surface area contributed by atoms with Crippen LogP contribution in [0.1, 0.15) is 28.5 Å². The van der Waals surface area contributed by atoms with Gasteiger partial charge in [-0.05, 0) is 35.7 Å². The summed E-state index contributed by atoms with van der Waals surface area (Å²) in [5.41, 5.74) is 4.44. The van der Waals surface area contributed by atoms with Crippen LogP contribution in [-0.4, -0.2) is 29.7 Å². The number of hydrogen-bond acceptors (Lipinski definition) is 3. The van der Waals surface area contributed by atoms with Gasteiger partial charge in [0, 0.05) is 41.8 Å². The third-order valence-electron chi connectivity index (χ3n) is 5.42. The van der Waals surface area contributed by atoms with E-state index >= 15 is 0 Å². The van der Waals surface area contributed by atoms with Crippen LogP contribution in [0, 0.1) is 0 Å². The van der Waals surface area contributed by atoms with Gasteiger partial charge in [0.25, 0.3) is 0 Å². The Morgan fingerprint density at radius 1 is 0.903 bits per heavy atom. The molecule has 156 valence electrons. The number of imidazole rings is 1. The lowest BCUT2D eigenvalue weighted by Gasteiger charge is -2.11. The molecular weight excluding hydrogens is 431 g/mol. The Kier molecular flexibility index (Phi) is 5.49. The lowest BCUT2D eigenvalue weighted by atomic mass is 10.1. The molecule has 0 radical (unpaired) electrons. The summed E-state index contributed by atoms with van der Waals surface area (Å²) in [6, 6.07) is 14.0. The first kappa shape index (κ1) is 19.8. The van der Waals surface area contributed by atoms with E-state index in [4.69, 9.17) is 23.2 Å². The minimum absolute atomic E-state index is 0.546. The molecule has 0 fully saturated rings. The van der Waals surface area contributed by atoms with Crippen LogP contribution in [0.2, 0.25) is 10.0 Å². The van der Waals surface area contributed by atoms with Crippen molar-refractivity contribution >= 4 is 34.1 Å². The molecule has 0 atom stereocenters. The predicted octanol–water partition coefficient (Wildman–Crippen LogP) is 5.21. The zero-order valence-corrected chi connectivity index (χ0v) is 18.2. The van der Waals surface area contributed by atoms with Crippen molar-refractivity contribution in [1.29, 1.82) is 0 Å². The molecule has 2 N–H and O–H groups in total. The largest absolute Gasteiger partial charge is 0.361 e. The Morgan fingerprint density at radius 2 is 1.77 bits per heavy atom. The van der Waals surface area contributed by atoms with Gasteiger partial charge in [-0.1, -0.05) is 47.5 Å². The molecule has 0 bridgehead atoms. The van der Waals surface area contributed by atoms with Gasteiger partial charge in [0.2, 0.25) is 0 Å². The van der Waals surface area contributed by atoms with Crippen molar-refractivity contribution in [2.24, 2.45) is 0 Å². The molecular formula is C23H20Cl2N6. The van der Waals surface area contributed by atoms with Gasteiger partial charge >= 0.3 is 0 Å². The first-order valence-corrected chi connectivity index (χ1v) is 10.8. The highest BCUT2D eigenvalue weighted by Gasteiger charge is 2.16. The summed E-state index contributed by atoms with van der Waals surface area (Å²) >= 11 is 12.4. The number of rotatable bonds is 7. The van der Waals surface area contributed by atoms with Crippen molar-refractivity contribution in [3.05, 3.63) is 99.7 Å². The lowest BCUT2D eigenvalue weighted by molar-refractivity contribution is 0.682. The Bertz CT molecular complexity index is 1320. The summed E-state index contributed by atoms with van der Waals surface area (Å²) in [4.78, 5) is 10.6. The molecule has 3 heterocycles. The quantitative estimate of drug-likeness (QED) is 0.357. The number of benzene rings is 2. The minimum atomic E-state index is 0.546. The van der Waals surface area contributed by atoms with E-state index < -0.39 is 0 Å². The maximum atomic E-state index is 6.26. The van der Waals surface area contributed by atoms with E-state index in [9.17, 15) is 0 Å². The maximum absolute atomic E-state index is 6.26. The summed E-state index contributed by atoms with van der Waals surface area (Å²) in [7, 11) is 0. The fraction of sp³-hybridized carbons (Fsp3) is 0.174. The van der Waals surface area contributed by atoms with E-state index in [0.717, 1.165) is 41.3 Å². The van der Waals surface area contributed by atoms with Crippen molar-refractivity contribution < 1.29 is 0 Å². The van der Waals surface area contributed by atoms with E-state index in [0.29, 0.717) is 23.0 Å². The second kappa shape index (κ2) is 8.57. The summed E-state index contributed by atoms with van der Waals surface area (Å²) in [5.74, 6) is 1.84. The molecule has 0 saturated carbocycles. The van der Waals surface area contributed by atoms with Crippen molar-refractivity contribution in [3.63, 3.8) is 0 Å². The predicted molar refractivity (Wildman–Crippen MR) is 123 cm³/mol. The Hall–Kier alpha value is -3.09. The van der Waals surface area contributed by atoms with E-state index in [-0.39, 0.29) is 0 Å². The number of hydrogen-bond donors (Lipinski definition) is 2. The first-order valence-electron chi connectivity index (χ1n) is 10.0. The molecule has 5 rings (SSSR count). The van der Waals surface area contributed by atoms with Crippen LogP contribution < -0.4 is 0 Å². The molecule has 0 spiro atoms. The number of fused-ring (bicyclic) bond motifs is 1. The van der Waals surface area contributed by atoms with E-state index in [1.807, 2.05) is 36.7 Å². The second-order valence-corrected chi connectivity index (χ2v) is 8.29. The third-order valence-corrected chi connectivity index (χ3v) is 6.16. The number of para-hydroxylation sites is 1. The van der Waals surface area contributed by atoms with E-state index in [2.05, 4.69) is 47.9 Å². The van der Waals surface area contributed by atoms with Gasteiger partial charge < -0.3 is 14.5 Å². The number of aryl methyl sites for hydroxylation is 2. The van der Waals surface area contributed by atoms with Gasteiger partial charge in [0.05, 0.1) is 22.9 Å². The highest BCUT2D eigenvalue weighted by atomic mass is 35.5. The highest BCUT2D eigenvalue weighted by Crippen LogP contribution is 2.25. The van der Waals surface area contributed by atoms with Crippen molar-refractivity contribution in [2.75, 3.05) is 0 Å². The number of aromatic amines is 2. The van der Waals surface area contributed by atoms with Gasteiger partial charge in [-0.3, -0.25) is 0 Å². The fourth-order valence-electron chi connectivity index (χ4n) is 3.81. The summed E-state index contributed by atoms with van der Waals surface area (Å²) in [6.45, 7) is 0.625. The van der Waals surface area contributed by atoms with Gasteiger partial charge in [0.15, 0.2) is 0 Å². The van der Waals surface area contributed by atoms with Crippen LogP contribution in [0.4, 0.5) is 0 Å². The average molecular weight is 451 g/mol. The second-order valence-electron chi connectivity index (χ2n) is 7.48. The molecule has 0 aliphatic carbocycles. The Balaban J connectivity index is 1.48. The molecule has 0 aliphatic heterocycles. The number of aromatic nitrogens is 6. The monoisotopic (exact) mass is 450 g/mol. The molecule has 2 aromatic carbocycles. The number of nitrogens with one attached hydrogen (secondary N) is 2. The average Bonchev–Trinajstić information content (AvgIpc) is 3.51. The van der Waals surface area contributed by atoms with Crippen LogP contribution in [0.3, 0.4) is 0 Å². The zero-order valence-electron chi connectivity index (χ0n) is 16.6. The Labute approximate surface area is 189 Å². The standard InChI is InChI=1S/C23H20Cl2N6/c24-19-7-5-15(9-20(19)25)13-31-22(8-6-17-12-26-14-28-17)29-30-23(31)10-16-11-27-21-4-2-1-3-18(16)21/h1-5,7,9,11-12,14,27H,6,8,10,13H2,(H,26,28). The summed E-state index contributed by atoms with van der Waals surface area (Å²) < 4.78 is 2.18. The number of nitrogens with zero attached hydrogens (tertiary/aromatic N) is 4. The third kappa shape index (κ3) is 4.22. The fourth-order valence-corrected chi connectivity index (χ4v) is 4.13. The topological polar surface area (TPSA) is 75.2 Å². The smallest absolute Gasteiger partial charge is 0.137 e. The molecule has 5 aromatic rings. The van der Waals surface area contributed by atoms with Crippen LogP contribution in [-0.2, 0) is 25.8 Å². The summed E-state index contributed by atoms with van der Waals surface area (Å²) in [5, 5.41) is 11.4. The van der Waals surface area contributed by atoms with Gasteiger partial charge in [-0.15, -0.1) is 10.2 Å². The molecule has 3 aromatic heterocycles. The lowest BCUT2D eigenvalue weighted by Crippen LogP contribution is -2.11. The molecule has 0 unspecified atom stereocenters. The van der Waals surface area contributed by atoms with Gasteiger partial charge in [-0.25, -0.2) is 4.98 Å². The zero-order chi connectivity index (χ0) is 21.2. The van der Waals surface area contributed by atoms with Crippen molar-refractivity contribution in [2.45, 2.75) is 25.8 Å². The van der Waals surface area contributed by atoms with Crippen molar-refractivity contribution in [3.8, 4) is 0 Å². The molecule has 0 saturated heterocycles. The molecule has 8 heteroatoms. The maximum Gasteiger partial charge on any atom is 0.137 e. The number of H-pyrrole nitrogens is 2. The van der Waals surface area contributed by atoms with Gasteiger partial charge in [0.1, 0.15) is 11.6 Å². The SMILES string of the molecule is Clc1ccc(Cn2c(CCc3cnc[nH]3)nnc2Cc2c[nH]c3ccccc23)cc1Cl. The molecule has 0 aliphatic rings. The normalized spacial score (nSPS) is 11.4. The molecule has 31 heavy (non-hydrogen) atoms. The van der Waals surface area contributed by atoms with E-state index in [1.54, 1.807) is 6.33 Å². The highest BCUT2D eigenvalue weighted by molar-refractivity contribution is 6.42. The molecule has 0 amide bonds. The van der Waals surface area contributed by atoms with Gasteiger partial charge in [-0.2, -0.15) is 0 Å². The van der Waals surface area contributed by atoms with Crippen molar-refractivity contribution in [1.82, 2.24) is 29.7 Å². The summed E-state index contributed by atoms with van der Waals surface area (Å²) in [6.07, 6.45) is 7.83. The van der Waals surface area contributed by atoms with Crippen LogP contribution in [0.25, 0.3) is 10.9 Å².